The second-order valence-corrected chi connectivity index (χ2v) is 7.62. The molecule has 2 aliphatic heterocycles. The Hall–Kier alpha value is -1.83. The molecule has 0 bridgehead atoms. The maximum absolute atomic E-state index is 13.1. The number of hydrogen-bond donors (Lipinski definition) is 0. The number of alkyl halides is 3. The highest BCUT2D eigenvalue weighted by Gasteiger charge is 2.36. The minimum atomic E-state index is -4.41. The molecule has 0 radical (unpaired) electrons. The Morgan fingerprint density at radius 1 is 1.20 bits per heavy atom. The smallest absolute Gasteiger partial charge is 0.347 e. The van der Waals surface area contributed by atoms with Crippen molar-refractivity contribution in [1.82, 2.24) is 9.88 Å². The van der Waals surface area contributed by atoms with E-state index in [0.29, 0.717) is 22.9 Å². The van der Waals surface area contributed by atoms with Crippen LogP contribution in [0.15, 0.2) is 18.2 Å². The molecule has 4 nitrogen and oxygen atoms in total. The van der Waals surface area contributed by atoms with Gasteiger partial charge in [-0.2, -0.15) is 13.2 Å². The van der Waals surface area contributed by atoms with Crippen molar-refractivity contribution in [2.75, 3.05) is 31.1 Å². The summed E-state index contributed by atoms with van der Waals surface area (Å²) in [5, 5.41) is 0.573. The zero-order chi connectivity index (χ0) is 17.6. The van der Waals surface area contributed by atoms with Gasteiger partial charge in [0.05, 0.1) is 21.7 Å². The van der Waals surface area contributed by atoms with E-state index >= 15 is 0 Å². The van der Waals surface area contributed by atoms with Crippen molar-refractivity contribution >= 4 is 32.6 Å². The lowest BCUT2D eigenvalue weighted by Gasteiger charge is -2.20. The molecule has 4 rings (SSSR count). The minimum absolute atomic E-state index is 0.00400. The molecule has 1 aromatic heterocycles. The highest BCUT2D eigenvalue weighted by molar-refractivity contribution is 7.22. The molecule has 0 spiro atoms. The number of carbonyl (C=O) groups is 1. The number of rotatable bonds is 2. The van der Waals surface area contributed by atoms with Crippen LogP contribution in [-0.2, 0) is 11.0 Å². The summed E-state index contributed by atoms with van der Waals surface area (Å²) in [6, 6.07) is 4.14. The molecule has 2 aromatic rings. The molecule has 2 saturated heterocycles. The quantitative estimate of drug-likeness (QED) is 0.809. The molecule has 2 fully saturated rings. The zero-order valence-electron chi connectivity index (χ0n) is 13.6. The monoisotopic (exact) mass is 369 g/mol. The molecule has 25 heavy (non-hydrogen) atoms. The van der Waals surface area contributed by atoms with Crippen molar-refractivity contribution in [3.05, 3.63) is 23.8 Å². The number of hydrogen-bond acceptors (Lipinski definition) is 4. The molecular formula is C17H18F3N3OS. The molecule has 1 aromatic carbocycles. The summed E-state index contributed by atoms with van der Waals surface area (Å²) < 4.78 is 40.0. The van der Waals surface area contributed by atoms with Crippen molar-refractivity contribution in [2.45, 2.75) is 25.4 Å². The van der Waals surface area contributed by atoms with Crippen LogP contribution in [-0.4, -0.2) is 42.0 Å². The van der Waals surface area contributed by atoms with Gasteiger partial charge in [0.1, 0.15) is 0 Å². The van der Waals surface area contributed by atoms with E-state index < -0.39 is 11.7 Å². The zero-order valence-corrected chi connectivity index (χ0v) is 14.4. The maximum Gasteiger partial charge on any atom is 0.418 e. The third-order valence-electron chi connectivity index (χ3n) is 4.94. The maximum atomic E-state index is 13.1. The van der Waals surface area contributed by atoms with Gasteiger partial charge in [-0.05, 0) is 31.4 Å². The van der Waals surface area contributed by atoms with Crippen LogP contribution in [0.3, 0.4) is 0 Å². The third kappa shape index (κ3) is 3.07. The van der Waals surface area contributed by atoms with Gasteiger partial charge in [-0.15, -0.1) is 0 Å². The Kier molecular flexibility index (Phi) is 4.10. The lowest BCUT2D eigenvalue weighted by molar-refractivity contribution is -0.136. The standard InChI is InChI=1S/C17H18F3N3OS/c18-17(19,20)12-4-3-5-13-14(12)21-16(25-13)23-9-6-11(10-23)15(24)22-7-1-2-8-22/h3-5,11H,1-2,6-10H2. The van der Waals surface area contributed by atoms with Gasteiger partial charge in [-0.25, -0.2) is 4.98 Å². The summed E-state index contributed by atoms with van der Waals surface area (Å²) in [4.78, 5) is 20.6. The summed E-state index contributed by atoms with van der Waals surface area (Å²) in [6.07, 6.45) is -1.57. The number of para-hydroxylation sites is 1. The van der Waals surface area contributed by atoms with Crippen LogP contribution in [0.4, 0.5) is 18.3 Å². The third-order valence-corrected chi connectivity index (χ3v) is 6.02. The number of nitrogens with zero attached hydrogens (tertiary/aromatic N) is 3. The van der Waals surface area contributed by atoms with Crippen LogP contribution in [0.2, 0.25) is 0 Å². The first-order chi connectivity index (χ1) is 11.9. The number of benzene rings is 1. The first-order valence-corrected chi connectivity index (χ1v) is 9.25. The van der Waals surface area contributed by atoms with Crippen molar-refractivity contribution in [1.29, 1.82) is 0 Å². The Balaban J connectivity index is 1.56. The van der Waals surface area contributed by atoms with Crippen molar-refractivity contribution in [3.8, 4) is 0 Å². The fraction of sp³-hybridized carbons (Fsp3) is 0.529. The lowest BCUT2D eigenvalue weighted by Crippen LogP contribution is -2.35. The molecular weight excluding hydrogens is 351 g/mol. The van der Waals surface area contributed by atoms with Crippen LogP contribution in [0.25, 0.3) is 10.2 Å². The number of fused-ring (bicyclic) bond motifs is 1. The van der Waals surface area contributed by atoms with Crippen LogP contribution in [0.5, 0.6) is 0 Å². The molecule has 8 heteroatoms. The Bertz CT molecular complexity index is 798. The van der Waals surface area contributed by atoms with Gasteiger partial charge in [-0.3, -0.25) is 4.79 Å². The summed E-state index contributed by atoms with van der Waals surface area (Å²) in [5.74, 6) is 0.101. The largest absolute Gasteiger partial charge is 0.418 e. The molecule has 134 valence electrons. The topological polar surface area (TPSA) is 36.4 Å². The average molecular weight is 369 g/mol. The molecule has 0 aliphatic carbocycles. The first kappa shape index (κ1) is 16.6. The van der Waals surface area contributed by atoms with Crippen molar-refractivity contribution in [2.24, 2.45) is 5.92 Å². The molecule has 3 heterocycles. The number of anilines is 1. The van der Waals surface area contributed by atoms with Crippen molar-refractivity contribution < 1.29 is 18.0 Å². The molecule has 0 saturated carbocycles. The molecule has 1 atom stereocenters. The summed E-state index contributed by atoms with van der Waals surface area (Å²) in [7, 11) is 0. The Morgan fingerprint density at radius 3 is 2.68 bits per heavy atom. The Morgan fingerprint density at radius 2 is 1.96 bits per heavy atom. The molecule has 0 N–H and O–H groups in total. The number of halogens is 3. The SMILES string of the molecule is O=C(C1CCN(c2nc3c(C(F)(F)F)cccc3s2)C1)N1CCCC1. The van der Waals surface area contributed by atoms with Crippen LogP contribution < -0.4 is 4.90 Å². The number of carbonyl (C=O) groups excluding carboxylic acids is 1. The summed E-state index contributed by atoms with van der Waals surface area (Å²) in [6.45, 7) is 2.85. The van der Waals surface area contributed by atoms with E-state index in [1.54, 1.807) is 6.07 Å². The normalized spacial score (nSPS) is 21.5. The fourth-order valence-electron chi connectivity index (χ4n) is 3.63. The highest BCUT2D eigenvalue weighted by Crippen LogP contribution is 2.39. The van der Waals surface area contributed by atoms with E-state index in [1.807, 2.05) is 9.80 Å². The molecule has 1 amide bonds. The van der Waals surface area contributed by atoms with Crippen LogP contribution in [0.1, 0.15) is 24.8 Å². The van der Waals surface area contributed by atoms with Gasteiger partial charge in [0, 0.05) is 26.2 Å². The summed E-state index contributed by atoms with van der Waals surface area (Å²) >= 11 is 1.26. The van der Waals surface area contributed by atoms with Gasteiger partial charge in [0.15, 0.2) is 5.13 Å². The van der Waals surface area contributed by atoms with Gasteiger partial charge in [-0.1, -0.05) is 17.4 Å². The van der Waals surface area contributed by atoms with Gasteiger partial charge in [0.2, 0.25) is 5.91 Å². The number of thiazole rings is 1. The molecule has 2 aliphatic rings. The summed E-state index contributed by atoms with van der Waals surface area (Å²) in [5.41, 5.74) is -0.694. The van der Waals surface area contributed by atoms with Gasteiger partial charge < -0.3 is 9.80 Å². The first-order valence-electron chi connectivity index (χ1n) is 8.44. The predicted molar refractivity (Wildman–Crippen MR) is 90.8 cm³/mol. The fourth-order valence-corrected chi connectivity index (χ4v) is 4.66. The van der Waals surface area contributed by atoms with E-state index in [2.05, 4.69) is 4.98 Å². The van der Waals surface area contributed by atoms with Crippen molar-refractivity contribution in [3.63, 3.8) is 0 Å². The second-order valence-electron chi connectivity index (χ2n) is 6.61. The van der Waals surface area contributed by atoms with Gasteiger partial charge in [0.25, 0.3) is 0 Å². The van der Waals surface area contributed by atoms with Crippen LogP contribution in [0, 0.1) is 5.92 Å². The van der Waals surface area contributed by atoms with E-state index in [4.69, 9.17) is 0 Å². The second kappa shape index (κ2) is 6.16. The highest BCUT2D eigenvalue weighted by atomic mass is 32.1. The minimum Gasteiger partial charge on any atom is -0.347 e. The number of likely N-dealkylation sites (tertiary alicyclic amines) is 1. The van der Waals surface area contributed by atoms with Crippen LogP contribution >= 0.6 is 11.3 Å². The van der Waals surface area contributed by atoms with E-state index in [0.717, 1.165) is 38.4 Å². The number of aromatic nitrogens is 1. The van der Waals surface area contributed by atoms with E-state index in [-0.39, 0.29) is 17.3 Å². The Labute approximate surface area is 147 Å². The lowest BCUT2D eigenvalue weighted by atomic mass is 10.1. The number of amides is 1. The van der Waals surface area contributed by atoms with E-state index in [1.165, 1.54) is 17.4 Å². The predicted octanol–water partition coefficient (Wildman–Crippen LogP) is 3.76. The average Bonchev–Trinajstić information content (AvgIpc) is 3.30. The van der Waals surface area contributed by atoms with E-state index in [9.17, 15) is 18.0 Å². The van der Waals surface area contributed by atoms with Gasteiger partial charge >= 0.3 is 6.18 Å². The molecule has 1 unspecified atom stereocenters.